The number of phenolic OH excluding ortho intramolecular Hbond substituents is 1. The molecule has 0 aromatic heterocycles. The molecule has 0 spiro atoms. The summed E-state index contributed by atoms with van der Waals surface area (Å²) in [5.41, 5.74) is 8.01. The smallest absolute Gasteiger partial charge is 0.331 e. The number of benzene rings is 1. The second kappa shape index (κ2) is 6.97. The second-order valence-electron chi connectivity index (χ2n) is 4.79. The van der Waals surface area contributed by atoms with Gasteiger partial charge in [-0.15, -0.1) is 0 Å². The Balaban J connectivity index is 3.31. The number of anilines is 1. The van der Waals surface area contributed by atoms with Crippen LogP contribution in [0.25, 0.3) is 0 Å². The molecule has 0 radical (unpaired) electrons. The number of hydrogen-bond acceptors (Lipinski definition) is 3. The Morgan fingerprint density at radius 2 is 1.71 bits per heavy atom. The first-order valence-corrected chi connectivity index (χ1v) is 7.11. The van der Waals surface area contributed by atoms with Crippen molar-refractivity contribution in [3.63, 3.8) is 0 Å². The maximum atomic E-state index is 12.5. The van der Waals surface area contributed by atoms with Gasteiger partial charge < -0.3 is 10.8 Å². The number of nitrogens with zero attached hydrogens (tertiary/aromatic N) is 2. The van der Waals surface area contributed by atoms with Crippen LogP contribution in [0.2, 0.25) is 0 Å². The maximum absolute atomic E-state index is 12.5. The van der Waals surface area contributed by atoms with Gasteiger partial charge in [-0.05, 0) is 43.0 Å². The number of carbonyl (C=O) groups is 1. The van der Waals surface area contributed by atoms with Crippen molar-refractivity contribution in [2.24, 2.45) is 5.73 Å². The minimum absolute atomic E-state index is 0.201. The van der Waals surface area contributed by atoms with Gasteiger partial charge in [0, 0.05) is 13.6 Å². The molecule has 0 bridgehead atoms. The van der Waals surface area contributed by atoms with Crippen molar-refractivity contribution < 1.29 is 9.90 Å². The third-order valence-electron chi connectivity index (χ3n) is 3.47. The molecule has 1 aromatic carbocycles. The fraction of sp³-hybridized carbons (Fsp3) is 0.467. The van der Waals surface area contributed by atoms with E-state index in [4.69, 9.17) is 11.1 Å². The summed E-state index contributed by atoms with van der Waals surface area (Å²) < 4.78 is 0. The summed E-state index contributed by atoms with van der Waals surface area (Å²) in [7, 11) is 1.67. The van der Waals surface area contributed by atoms with Crippen molar-refractivity contribution in [3.8, 4) is 5.75 Å². The molecular weight excluding hydrogens is 268 g/mol. The summed E-state index contributed by atoms with van der Waals surface area (Å²) in [5, 5.41) is 17.3. The highest BCUT2D eigenvalue weighted by Gasteiger charge is 2.23. The van der Waals surface area contributed by atoms with E-state index in [-0.39, 0.29) is 17.7 Å². The lowest BCUT2D eigenvalue weighted by atomic mass is 10.0. The van der Waals surface area contributed by atoms with Crippen molar-refractivity contribution >= 4 is 17.7 Å². The molecule has 0 saturated heterocycles. The van der Waals surface area contributed by atoms with Crippen LogP contribution >= 0.6 is 0 Å². The molecule has 2 amide bonds. The van der Waals surface area contributed by atoms with E-state index in [0.717, 1.165) is 16.8 Å². The average molecular weight is 292 g/mol. The normalized spacial score (nSPS) is 10.3. The van der Waals surface area contributed by atoms with Crippen LogP contribution in [-0.4, -0.2) is 35.6 Å². The fourth-order valence-corrected chi connectivity index (χ4v) is 2.40. The number of nitrogens with one attached hydrogen (secondary N) is 1. The van der Waals surface area contributed by atoms with E-state index < -0.39 is 0 Å². The molecular formula is C15H24N4O2. The number of amides is 2. The third kappa shape index (κ3) is 3.45. The summed E-state index contributed by atoms with van der Waals surface area (Å²) >= 11 is 0. The van der Waals surface area contributed by atoms with E-state index in [1.807, 2.05) is 13.8 Å². The predicted octanol–water partition coefficient (Wildman–Crippen LogP) is 2.29. The predicted molar refractivity (Wildman–Crippen MR) is 85.0 cm³/mol. The largest absolute Gasteiger partial charge is 0.508 e. The number of urea groups is 1. The molecule has 0 aliphatic rings. The Labute approximate surface area is 125 Å². The molecule has 116 valence electrons. The van der Waals surface area contributed by atoms with E-state index in [9.17, 15) is 9.90 Å². The van der Waals surface area contributed by atoms with Gasteiger partial charge in [0.1, 0.15) is 5.75 Å². The summed E-state index contributed by atoms with van der Waals surface area (Å²) in [6.07, 6.45) is 1.39. The number of carbonyl (C=O) groups excluding carboxylic acids is 1. The first kappa shape index (κ1) is 16.8. The molecule has 0 saturated carbocycles. The van der Waals surface area contributed by atoms with E-state index in [1.54, 1.807) is 26.1 Å². The van der Waals surface area contributed by atoms with E-state index >= 15 is 0 Å². The van der Waals surface area contributed by atoms with Gasteiger partial charge in [0.05, 0.1) is 5.69 Å². The zero-order valence-electron chi connectivity index (χ0n) is 13.1. The molecule has 0 aliphatic heterocycles. The van der Waals surface area contributed by atoms with Crippen LogP contribution < -0.4 is 10.6 Å². The number of aromatic hydroxyl groups is 1. The van der Waals surface area contributed by atoms with Gasteiger partial charge >= 0.3 is 6.03 Å². The Kier molecular flexibility index (Phi) is 5.58. The van der Waals surface area contributed by atoms with Crippen molar-refractivity contribution in [3.05, 3.63) is 23.3 Å². The molecule has 4 N–H and O–H groups in total. The van der Waals surface area contributed by atoms with Gasteiger partial charge in [0.15, 0.2) is 5.96 Å². The Hall–Kier alpha value is -2.24. The summed E-state index contributed by atoms with van der Waals surface area (Å²) in [4.78, 5) is 15.2. The minimum atomic E-state index is -0.347. The van der Waals surface area contributed by atoms with Gasteiger partial charge in [-0.3, -0.25) is 15.2 Å². The van der Waals surface area contributed by atoms with Crippen LogP contribution in [0.4, 0.5) is 10.5 Å². The van der Waals surface area contributed by atoms with Crippen LogP contribution in [-0.2, 0) is 12.8 Å². The SMILES string of the molecule is CCc1cc(O)cc(CC)c1N(C)C(=O)N(CC)C(=N)N. The van der Waals surface area contributed by atoms with Crippen LogP contribution in [0, 0.1) is 5.41 Å². The van der Waals surface area contributed by atoms with Gasteiger partial charge in [0.2, 0.25) is 0 Å². The van der Waals surface area contributed by atoms with Crippen LogP contribution in [0.5, 0.6) is 5.75 Å². The first-order valence-electron chi connectivity index (χ1n) is 7.11. The van der Waals surface area contributed by atoms with E-state index in [2.05, 4.69) is 0 Å². The molecule has 6 nitrogen and oxygen atoms in total. The lowest BCUT2D eigenvalue weighted by Crippen LogP contribution is -2.48. The topological polar surface area (TPSA) is 93.6 Å². The van der Waals surface area contributed by atoms with Crippen LogP contribution in [0.15, 0.2) is 12.1 Å². The molecule has 21 heavy (non-hydrogen) atoms. The standard InChI is InChI=1S/C15H24N4O2/c1-5-10-8-12(20)9-11(6-2)13(10)18(4)15(21)19(7-3)14(16)17/h8-9,20H,5-7H2,1-4H3,(H3,16,17). The van der Waals surface area contributed by atoms with Gasteiger partial charge in [-0.1, -0.05) is 13.8 Å². The third-order valence-corrected chi connectivity index (χ3v) is 3.47. The first-order chi connectivity index (χ1) is 9.87. The molecule has 0 atom stereocenters. The number of rotatable bonds is 4. The number of aryl methyl sites for hydroxylation is 2. The van der Waals surface area contributed by atoms with Crippen molar-refractivity contribution in [1.82, 2.24) is 4.90 Å². The van der Waals surface area contributed by atoms with Crippen molar-refractivity contribution in [2.75, 3.05) is 18.5 Å². The summed E-state index contributed by atoms with van der Waals surface area (Å²) in [6.45, 7) is 6.04. The highest BCUT2D eigenvalue weighted by molar-refractivity contribution is 6.03. The second-order valence-corrected chi connectivity index (χ2v) is 4.79. The molecule has 1 rings (SSSR count). The summed E-state index contributed by atoms with van der Waals surface area (Å²) in [6, 6.07) is 2.99. The Bertz CT molecular complexity index is 517. The summed E-state index contributed by atoms with van der Waals surface area (Å²) in [5.74, 6) is -0.0727. The van der Waals surface area contributed by atoms with Crippen molar-refractivity contribution in [1.29, 1.82) is 5.41 Å². The van der Waals surface area contributed by atoms with E-state index in [1.165, 1.54) is 9.80 Å². The molecule has 0 heterocycles. The molecule has 1 aromatic rings. The lowest BCUT2D eigenvalue weighted by Gasteiger charge is -2.29. The minimum Gasteiger partial charge on any atom is -0.508 e. The molecule has 6 heteroatoms. The Morgan fingerprint density at radius 3 is 2.05 bits per heavy atom. The monoisotopic (exact) mass is 292 g/mol. The van der Waals surface area contributed by atoms with Crippen molar-refractivity contribution in [2.45, 2.75) is 33.6 Å². The van der Waals surface area contributed by atoms with Gasteiger partial charge in [-0.2, -0.15) is 0 Å². The molecule has 0 fully saturated rings. The van der Waals surface area contributed by atoms with Gasteiger partial charge in [-0.25, -0.2) is 4.79 Å². The number of hydrogen-bond donors (Lipinski definition) is 3. The van der Waals surface area contributed by atoms with E-state index in [0.29, 0.717) is 19.4 Å². The maximum Gasteiger partial charge on any atom is 0.331 e. The fourth-order valence-electron chi connectivity index (χ4n) is 2.40. The average Bonchev–Trinajstić information content (AvgIpc) is 2.45. The molecule has 0 unspecified atom stereocenters. The number of phenols is 1. The highest BCUT2D eigenvalue weighted by Crippen LogP contribution is 2.31. The number of guanidine groups is 1. The Morgan fingerprint density at radius 1 is 1.24 bits per heavy atom. The van der Waals surface area contributed by atoms with Crippen LogP contribution in [0.3, 0.4) is 0 Å². The van der Waals surface area contributed by atoms with Crippen LogP contribution in [0.1, 0.15) is 31.9 Å². The molecule has 0 aliphatic carbocycles. The lowest BCUT2D eigenvalue weighted by molar-refractivity contribution is 0.229. The highest BCUT2D eigenvalue weighted by atomic mass is 16.3. The number of nitrogens with two attached hydrogens (primary N) is 1. The zero-order chi connectivity index (χ0) is 16.2. The zero-order valence-corrected chi connectivity index (χ0v) is 13.1. The quantitative estimate of drug-likeness (QED) is 0.587. The van der Waals surface area contributed by atoms with Gasteiger partial charge in [0.25, 0.3) is 0 Å².